The number of piperazine rings is 1. The maximum atomic E-state index is 12.0. The van der Waals surface area contributed by atoms with Gasteiger partial charge < -0.3 is 19.7 Å². The number of terminal acetylenes is 1. The van der Waals surface area contributed by atoms with Crippen molar-refractivity contribution in [3.8, 4) is 18.1 Å². The monoisotopic (exact) mass is 447 g/mol. The molecule has 0 bridgehead atoms. The minimum absolute atomic E-state index is 0.0368. The van der Waals surface area contributed by atoms with Crippen molar-refractivity contribution in [2.24, 2.45) is 0 Å². The van der Waals surface area contributed by atoms with E-state index in [0.717, 1.165) is 63.5 Å². The predicted molar refractivity (Wildman–Crippen MR) is 131 cm³/mol. The van der Waals surface area contributed by atoms with Crippen molar-refractivity contribution >= 4 is 11.6 Å². The zero-order chi connectivity index (χ0) is 23.0. The Labute approximate surface area is 196 Å². The second-order valence-electron chi connectivity index (χ2n) is 8.62. The van der Waals surface area contributed by atoms with E-state index in [2.05, 4.69) is 45.3 Å². The van der Waals surface area contributed by atoms with E-state index in [-0.39, 0.29) is 18.6 Å². The fraction of sp³-hybridized carbons (Fsp3) is 0.444. The smallest absolute Gasteiger partial charge is 0.225 e. The van der Waals surface area contributed by atoms with Crippen LogP contribution in [0.15, 0.2) is 42.5 Å². The van der Waals surface area contributed by atoms with Crippen LogP contribution >= 0.6 is 0 Å². The lowest BCUT2D eigenvalue weighted by molar-refractivity contribution is -0.120. The van der Waals surface area contributed by atoms with Crippen molar-refractivity contribution in [1.82, 2.24) is 10.2 Å². The Hall–Kier alpha value is -3.01. The Bertz CT molecular complexity index is 975. The van der Waals surface area contributed by atoms with Gasteiger partial charge in [0.05, 0.1) is 32.8 Å². The molecule has 0 saturated carbocycles. The van der Waals surface area contributed by atoms with Crippen LogP contribution in [-0.2, 0) is 22.4 Å². The van der Waals surface area contributed by atoms with Gasteiger partial charge in [0, 0.05) is 38.4 Å². The molecule has 2 heterocycles. The second kappa shape index (κ2) is 11.2. The molecule has 2 aromatic carbocycles. The molecular formula is C27H33N3O3. The molecule has 6 nitrogen and oxygen atoms in total. The van der Waals surface area contributed by atoms with E-state index in [1.807, 2.05) is 18.2 Å². The van der Waals surface area contributed by atoms with Crippen LogP contribution < -0.4 is 15.0 Å². The molecule has 0 aliphatic carbocycles. The summed E-state index contributed by atoms with van der Waals surface area (Å²) in [5.41, 5.74) is 4.85. The number of benzene rings is 2. The van der Waals surface area contributed by atoms with Crippen LogP contribution in [-0.4, -0.2) is 63.8 Å². The Balaban J connectivity index is 1.27. The van der Waals surface area contributed by atoms with Gasteiger partial charge in [-0.2, -0.15) is 0 Å². The number of carbonyl (C=O) groups excluding carboxylic acids is 1. The fourth-order valence-corrected chi connectivity index (χ4v) is 4.66. The van der Waals surface area contributed by atoms with Crippen LogP contribution in [0.5, 0.6) is 5.75 Å². The quantitative estimate of drug-likeness (QED) is 0.631. The van der Waals surface area contributed by atoms with Gasteiger partial charge in [0.1, 0.15) is 5.75 Å². The van der Waals surface area contributed by atoms with E-state index < -0.39 is 0 Å². The van der Waals surface area contributed by atoms with Gasteiger partial charge in [-0.25, -0.2) is 0 Å². The molecule has 0 spiro atoms. The minimum Gasteiger partial charge on any atom is -0.497 e. The topological polar surface area (TPSA) is 54.0 Å². The first kappa shape index (κ1) is 23.2. The van der Waals surface area contributed by atoms with Crippen LogP contribution in [0, 0.1) is 12.3 Å². The number of nitrogens with zero attached hydrogens (tertiary/aromatic N) is 2. The van der Waals surface area contributed by atoms with E-state index >= 15 is 0 Å². The molecule has 4 rings (SSSR count). The average molecular weight is 448 g/mol. The number of amides is 1. The summed E-state index contributed by atoms with van der Waals surface area (Å²) in [7, 11) is 1.70. The highest BCUT2D eigenvalue weighted by molar-refractivity contribution is 5.78. The van der Waals surface area contributed by atoms with E-state index in [9.17, 15) is 4.79 Å². The molecule has 1 unspecified atom stereocenters. The number of ether oxygens (including phenoxy) is 2. The molecule has 1 amide bonds. The first-order valence-electron chi connectivity index (χ1n) is 11.7. The van der Waals surface area contributed by atoms with Crippen molar-refractivity contribution in [3.63, 3.8) is 0 Å². The summed E-state index contributed by atoms with van der Waals surface area (Å²) in [6, 6.07) is 14.7. The van der Waals surface area contributed by atoms with Gasteiger partial charge in [-0.1, -0.05) is 24.1 Å². The number of rotatable bonds is 8. The summed E-state index contributed by atoms with van der Waals surface area (Å²) in [6.45, 7) is 6.19. The molecule has 1 atom stereocenters. The number of anilines is 1. The lowest BCUT2D eigenvalue weighted by Gasteiger charge is -2.37. The number of carbonyl (C=O) groups is 1. The number of nitrogens with one attached hydrogen (secondary N) is 1. The molecule has 33 heavy (non-hydrogen) atoms. The van der Waals surface area contributed by atoms with Crippen LogP contribution in [0.4, 0.5) is 5.69 Å². The van der Waals surface area contributed by atoms with Crippen molar-refractivity contribution in [2.45, 2.75) is 25.4 Å². The third kappa shape index (κ3) is 6.07. The largest absolute Gasteiger partial charge is 0.497 e. The molecule has 1 fully saturated rings. The summed E-state index contributed by atoms with van der Waals surface area (Å²) in [6.07, 6.45) is 7.58. The fourth-order valence-electron chi connectivity index (χ4n) is 4.66. The van der Waals surface area contributed by atoms with Crippen LogP contribution in [0.1, 0.15) is 29.2 Å². The van der Waals surface area contributed by atoms with Gasteiger partial charge in [-0.15, -0.1) is 6.42 Å². The Morgan fingerprint density at radius 1 is 1.18 bits per heavy atom. The molecule has 174 valence electrons. The minimum atomic E-state index is -0.0368. The van der Waals surface area contributed by atoms with Crippen molar-refractivity contribution < 1.29 is 14.3 Å². The van der Waals surface area contributed by atoms with Crippen LogP contribution in [0.2, 0.25) is 0 Å². The van der Waals surface area contributed by atoms with Gasteiger partial charge in [0.2, 0.25) is 5.91 Å². The number of fused-ring (bicyclic) bond motifs is 1. The first-order chi connectivity index (χ1) is 16.2. The third-order valence-corrected chi connectivity index (χ3v) is 6.51. The number of methoxy groups -OCH3 is 1. The molecular weight excluding hydrogens is 414 g/mol. The van der Waals surface area contributed by atoms with E-state index in [4.69, 9.17) is 15.9 Å². The summed E-state index contributed by atoms with van der Waals surface area (Å²) in [5.74, 6) is 3.29. The highest BCUT2D eigenvalue weighted by Crippen LogP contribution is 2.31. The molecule has 6 heteroatoms. The standard InChI is InChI=1S/C27H33N3O3/c1-3-12-28-27(31)20-21-4-9-25-22(19-21)11-18-33-26(25)10-13-29-14-16-30(17-15-29)23-5-7-24(32-2)8-6-23/h1,4-9,19,26H,10-18,20H2,2H3,(H,28,31). The Morgan fingerprint density at radius 2 is 1.97 bits per heavy atom. The average Bonchev–Trinajstić information content (AvgIpc) is 2.86. The summed E-state index contributed by atoms with van der Waals surface area (Å²) in [4.78, 5) is 16.9. The van der Waals surface area contributed by atoms with Gasteiger partial charge in [0.25, 0.3) is 0 Å². The summed E-state index contributed by atoms with van der Waals surface area (Å²) < 4.78 is 11.4. The van der Waals surface area contributed by atoms with Gasteiger partial charge in [0.15, 0.2) is 0 Å². The SMILES string of the molecule is C#CCNC(=O)Cc1ccc2c(c1)CCOC2CCN1CCN(c2ccc(OC)cc2)CC1. The van der Waals surface area contributed by atoms with E-state index in [1.54, 1.807) is 7.11 Å². The van der Waals surface area contributed by atoms with Gasteiger partial charge in [-0.05, 0) is 53.8 Å². The normalized spacial score (nSPS) is 18.3. The van der Waals surface area contributed by atoms with Crippen molar-refractivity contribution in [3.05, 3.63) is 59.2 Å². The summed E-state index contributed by atoms with van der Waals surface area (Å²) in [5, 5.41) is 2.73. The second-order valence-corrected chi connectivity index (χ2v) is 8.62. The molecule has 0 aromatic heterocycles. The molecule has 2 aromatic rings. The van der Waals surface area contributed by atoms with Crippen LogP contribution in [0.25, 0.3) is 0 Å². The molecule has 1 saturated heterocycles. The highest BCUT2D eigenvalue weighted by atomic mass is 16.5. The van der Waals surface area contributed by atoms with Crippen molar-refractivity contribution in [2.75, 3.05) is 57.9 Å². The maximum absolute atomic E-state index is 12.0. The zero-order valence-corrected chi connectivity index (χ0v) is 19.4. The number of hydrogen-bond acceptors (Lipinski definition) is 5. The summed E-state index contributed by atoms with van der Waals surface area (Å²) >= 11 is 0. The highest BCUT2D eigenvalue weighted by Gasteiger charge is 2.24. The van der Waals surface area contributed by atoms with Gasteiger partial charge >= 0.3 is 0 Å². The molecule has 2 aliphatic heterocycles. The Morgan fingerprint density at radius 3 is 2.70 bits per heavy atom. The van der Waals surface area contributed by atoms with Gasteiger partial charge in [-0.3, -0.25) is 9.69 Å². The van der Waals surface area contributed by atoms with E-state index in [1.165, 1.54) is 16.8 Å². The third-order valence-electron chi connectivity index (χ3n) is 6.51. The zero-order valence-electron chi connectivity index (χ0n) is 19.4. The Kier molecular flexibility index (Phi) is 7.87. The lowest BCUT2D eigenvalue weighted by atomic mass is 9.93. The maximum Gasteiger partial charge on any atom is 0.225 e. The number of hydrogen-bond donors (Lipinski definition) is 1. The van der Waals surface area contributed by atoms with Crippen LogP contribution in [0.3, 0.4) is 0 Å². The molecule has 0 radical (unpaired) electrons. The molecule has 1 N–H and O–H groups in total. The van der Waals surface area contributed by atoms with E-state index in [0.29, 0.717) is 6.42 Å². The van der Waals surface area contributed by atoms with Crippen molar-refractivity contribution in [1.29, 1.82) is 0 Å². The first-order valence-corrected chi connectivity index (χ1v) is 11.7. The predicted octanol–water partition coefficient (Wildman–Crippen LogP) is 2.81. The lowest BCUT2D eigenvalue weighted by Crippen LogP contribution is -2.46. The molecule has 2 aliphatic rings.